The first-order valence-corrected chi connectivity index (χ1v) is 7.07. The minimum absolute atomic E-state index is 0.116. The maximum Gasteiger partial charge on any atom is 0.131 e. The minimum atomic E-state index is -0.913. The zero-order valence-electron chi connectivity index (χ0n) is 12.3. The van der Waals surface area contributed by atoms with Gasteiger partial charge < -0.3 is 10.5 Å². The number of rotatable bonds is 4. The lowest BCUT2D eigenvalue weighted by atomic mass is 9.89. The molecule has 1 aliphatic heterocycles. The van der Waals surface area contributed by atoms with Gasteiger partial charge in [0.15, 0.2) is 0 Å². The predicted octanol–water partition coefficient (Wildman–Crippen LogP) is 1.87. The monoisotopic (exact) mass is 273 g/mol. The van der Waals surface area contributed by atoms with Crippen molar-refractivity contribution in [2.75, 3.05) is 26.2 Å². The van der Waals surface area contributed by atoms with E-state index in [1.165, 1.54) is 0 Å². The van der Waals surface area contributed by atoms with Crippen LogP contribution >= 0.6 is 0 Å². The number of nitrogens with zero attached hydrogens (tertiary/aromatic N) is 2. The van der Waals surface area contributed by atoms with E-state index in [9.17, 15) is 5.26 Å². The molecule has 2 N–H and O–H groups in total. The number of nitrogens with two attached hydrogens (primary N) is 1. The zero-order valence-corrected chi connectivity index (χ0v) is 12.3. The minimum Gasteiger partial charge on any atom is -0.373 e. The Kier molecular flexibility index (Phi) is 4.44. The van der Waals surface area contributed by atoms with E-state index in [2.05, 4.69) is 24.8 Å². The number of hydrogen-bond donors (Lipinski definition) is 1. The van der Waals surface area contributed by atoms with Gasteiger partial charge in [-0.25, -0.2) is 0 Å². The summed E-state index contributed by atoms with van der Waals surface area (Å²) in [4.78, 5) is 2.32. The molecule has 1 aromatic carbocycles. The Morgan fingerprint density at radius 2 is 2.10 bits per heavy atom. The Balaban J connectivity index is 2.00. The van der Waals surface area contributed by atoms with Gasteiger partial charge in [-0.05, 0) is 25.8 Å². The van der Waals surface area contributed by atoms with Crippen LogP contribution in [0, 0.1) is 11.3 Å². The molecule has 1 aliphatic rings. The van der Waals surface area contributed by atoms with Crippen molar-refractivity contribution in [1.29, 1.82) is 5.26 Å². The number of hydrogen-bond acceptors (Lipinski definition) is 4. The second-order valence-electron chi connectivity index (χ2n) is 6.08. The second-order valence-corrected chi connectivity index (χ2v) is 6.08. The maximum atomic E-state index is 9.45. The molecule has 0 amide bonds. The average Bonchev–Trinajstić information content (AvgIpc) is 2.45. The molecule has 0 radical (unpaired) electrons. The van der Waals surface area contributed by atoms with Gasteiger partial charge in [0.1, 0.15) is 5.54 Å². The van der Waals surface area contributed by atoms with Crippen molar-refractivity contribution < 1.29 is 4.74 Å². The number of nitriles is 1. The summed E-state index contributed by atoms with van der Waals surface area (Å²) in [6.45, 7) is 7.52. The van der Waals surface area contributed by atoms with Gasteiger partial charge >= 0.3 is 0 Å². The fourth-order valence-corrected chi connectivity index (χ4v) is 2.64. The standard InChI is InChI=1S/C16H23N3O/c1-15(2)13-19(10-11-20-15)9-8-16(18,12-17)14-6-4-3-5-7-14/h3-7H,8-11,13,18H2,1-2H3. The summed E-state index contributed by atoms with van der Waals surface area (Å²) in [6.07, 6.45) is 0.629. The highest BCUT2D eigenvalue weighted by Crippen LogP contribution is 2.23. The normalized spacial score (nSPS) is 21.9. The van der Waals surface area contributed by atoms with Crippen molar-refractivity contribution in [3.8, 4) is 6.07 Å². The lowest BCUT2D eigenvalue weighted by molar-refractivity contribution is -0.0867. The Morgan fingerprint density at radius 1 is 1.40 bits per heavy atom. The number of morpholine rings is 1. The topological polar surface area (TPSA) is 62.3 Å². The molecule has 0 bridgehead atoms. The van der Waals surface area contributed by atoms with Crippen LogP contribution in [0.2, 0.25) is 0 Å². The molecule has 1 atom stereocenters. The second kappa shape index (κ2) is 5.92. The van der Waals surface area contributed by atoms with Gasteiger partial charge in [-0.3, -0.25) is 4.90 Å². The van der Waals surface area contributed by atoms with Crippen molar-refractivity contribution in [1.82, 2.24) is 4.90 Å². The van der Waals surface area contributed by atoms with Crippen molar-refractivity contribution in [3.05, 3.63) is 35.9 Å². The largest absolute Gasteiger partial charge is 0.373 e. The predicted molar refractivity (Wildman–Crippen MR) is 79.0 cm³/mol. The summed E-state index contributed by atoms with van der Waals surface area (Å²) in [5, 5.41) is 9.45. The van der Waals surface area contributed by atoms with Gasteiger partial charge in [0.25, 0.3) is 0 Å². The van der Waals surface area contributed by atoms with Gasteiger partial charge in [-0.2, -0.15) is 5.26 Å². The lowest BCUT2D eigenvalue weighted by Gasteiger charge is -2.39. The van der Waals surface area contributed by atoms with Crippen LogP contribution in [0.4, 0.5) is 0 Å². The Morgan fingerprint density at radius 3 is 2.70 bits per heavy atom. The van der Waals surface area contributed by atoms with E-state index in [-0.39, 0.29) is 5.60 Å². The van der Waals surface area contributed by atoms with E-state index in [0.29, 0.717) is 6.42 Å². The average molecular weight is 273 g/mol. The van der Waals surface area contributed by atoms with Gasteiger partial charge in [-0.1, -0.05) is 30.3 Å². The molecular weight excluding hydrogens is 250 g/mol. The van der Waals surface area contributed by atoms with Crippen molar-refractivity contribution in [2.24, 2.45) is 5.73 Å². The van der Waals surface area contributed by atoms with Crippen LogP contribution in [-0.4, -0.2) is 36.7 Å². The molecule has 0 saturated carbocycles. The van der Waals surface area contributed by atoms with Crippen molar-refractivity contribution >= 4 is 0 Å². The Bertz CT molecular complexity index is 480. The van der Waals surface area contributed by atoms with E-state index in [1.807, 2.05) is 30.3 Å². The van der Waals surface area contributed by atoms with Gasteiger partial charge in [0, 0.05) is 19.6 Å². The lowest BCUT2D eigenvalue weighted by Crippen LogP contribution is -2.50. The van der Waals surface area contributed by atoms with Crippen molar-refractivity contribution in [2.45, 2.75) is 31.4 Å². The first-order valence-electron chi connectivity index (χ1n) is 7.07. The van der Waals surface area contributed by atoms with Crippen LogP contribution in [0.3, 0.4) is 0 Å². The quantitative estimate of drug-likeness (QED) is 0.909. The molecule has 0 spiro atoms. The number of benzene rings is 1. The van der Waals surface area contributed by atoms with Crippen LogP contribution in [0.15, 0.2) is 30.3 Å². The van der Waals surface area contributed by atoms with Crippen LogP contribution in [-0.2, 0) is 10.3 Å². The molecule has 1 aromatic rings. The van der Waals surface area contributed by atoms with Crippen LogP contribution in [0.25, 0.3) is 0 Å². The summed E-state index contributed by atoms with van der Waals surface area (Å²) < 4.78 is 5.70. The Hall–Kier alpha value is -1.41. The zero-order chi connectivity index (χ0) is 14.6. The first kappa shape index (κ1) is 15.0. The van der Waals surface area contributed by atoms with E-state index in [4.69, 9.17) is 10.5 Å². The molecule has 0 aliphatic carbocycles. The summed E-state index contributed by atoms with van der Waals surface area (Å²) >= 11 is 0. The maximum absolute atomic E-state index is 9.45. The third-order valence-electron chi connectivity index (χ3n) is 3.82. The molecule has 1 unspecified atom stereocenters. The summed E-state index contributed by atoms with van der Waals surface area (Å²) in [5.74, 6) is 0. The van der Waals surface area contributed by atoms with Crippen molar-refractivity contribution in [3.63, 3.8) is 0 Å². The molecule has 1 fully saturated rings. The molecular formula is C16H23N3O. The highest BCUT2D eigenvalue weighted by atomic mass is 16.5. The van der Waals surface area contributed by atoms with Crippen LogP contribution in [0.1, 0.15) is 25.8 Å². The third kappa shape index (κ3) is 3.57. The van der Waals surface area contributed by atoms with Crippen LogP contribution in [0.5, 0.6) is 0 Å². The molecule has 20 heavy (non-hydrogen) atoms. The third-order valence-corrected chi connectivity index (χ3v) is 3.82. The van der Waals surface area contributed by atoms with E-state index in [0.717, 1.165) is 31.8 Å². The van der Waals surface area contributed by atoms with E-state index >= 15 is 0 Å². The van der Waals surface area contributed by atoms with Gasteiger partial charge in [0.2, 0.25) is 0 Å². The SMILES string of the molecule is CC1(C)CN(CCC(N)(C#N)c2ccccc2)CCO1. The first-order chi connectivity index (χ1) is 9.45. The molecule has 108 valence electrons. The fraction of sp³-hybridized carbons (Fsp3) is 0.562. The summed E-state index contributed by atoms with van der Waals surface area (Å²) in [6, 6.07) is 11.9. The van der Waals surface area contributed by atoms with E-state index in [1.54, 1.807) is 0 Å². The summed E-state index contributed by atoms with van der Waals surface area (Å²) in [5.41, 5.74) is 6.14. The molecule has 1 heterocycles. The van der Waals surface area contributed by atoms with E-state index < -0.39 is 5.54 Å². The Labute approximate surface area is 121 Å². The molecule has 2 rings (SSSR count). The highest BCUT2D eigenvalue weighted by Gasteiger charge is 2.31. The van der Waals surface area contributed by atoms with Gasteiger partial charge in [0.05, 0.1) is 18.3 Å². The number of ether oxygens (including phenoxy) is 1. The molecule has 0 aromatic heterocycles. The van der Waals surface area contributed by atoms with Gasteiger partial charge in [-0.15, -0.1) is 0 Å². The van der Waals surface area contributed by atoms with Crippen LogP contribution < -0.4 is 5.73 Å². The fourth-order valence-electron chi connectivity index (χ4n) is 2.64. The summed E-state index contributed by atoms with van der Waals surface area (Å²) in [7, 11) is 0. The molecule has 1 saturated heterocycles. The molecule has 4 heteroatoms. The molecule has 4 nitrogen and oxygen atoms in total. The highest BCUT2D eigenvalue weighted by molar-refractivity contribution is 5.30. The smallest absolute Gasteiger partial charge is 0.131 e.